The maximum atomic E-state index is 11.9. The normalized spacial score (nSPS) is 10.1. The van der Waals surface area contributed by atoms with Crippen LogP contribution in [0, 0.1) is 0 Å². The van der Waals surface area contributed by atoms with E-state index in [4.69, 9.17) is 11.6 Å². The summed E-state index contributed by atoms with van der Waals surface area (Å²) in [6, 6.07) is 10.8. The molecule has 1 heterocycles. The zero-order valence-electron chi connectivity index (χ0n) is 8.56. The van der Waals surface area contributed by atoms with Crippen LogP contribution in [0.2, 0.25) is 5.02 Å². The molecular formula is C13H10ClNO. The summed E-state index contributed by atoms with van der Waals surface area (Å²) in [5.74, 6) is 0.0738. The molecule has 0 aliphatic rings. The molecule has 0 atom stereocenters. The summed E-state index contributed by atoms with van der Waals surface area (Å²) in [7, 11) is 0. The van der Waals surface area contributed by atoms with Gasteiger partial charge in [-0.1, -0.05) is 23.7 Å². The molecule has 0 radical (unpaired) electrons. The molecular weight excluding hydrogens is 222 g/mol. The van der Waals surface area contributed by atoms with E-state index in [1.807, 2.05) is 12.1 Å². The van der Waals surface area contributed by atoms with Gasteiger partial charge in [0.05, 0.1) is 0 Å². The lowest BCUT2D eigenvalue weighted by Gasteiger charge is -2.01. The van der Waals surface area contributed by atoms with E-state index >= 15 is 0 Å². The van der Waals surface area contributed by atoms with Gasteiger partial charge >= 0.3 is 0 Å². The van der Waals surface area contributed by atoms with Crippen molar-refractivity contribution in [1.82, 2.24) is 4.98 Å². The monoisotopic (exact) mass is 231 g/mol. The second kappa shape index (κ2) is 4.90. The molecule has 0 amide bonds. The highest BCUT2D eigenvalue weighted by Gasteiger charge is 2.06. The molecule has 1 aromatic heterocycles. The van der Waals surface area contributed by atoms with Crippen LogP contribution < -0.4 is 0 Å². The van der Waals surface area contributed by atoms with Crippen LogP contribution in [-0.4, -0.2) is 10.8 Å². The van der Waals surface area contributed by atoms with Gasteiger partial charge in [0.2, 0.25) is 0 Å². The first-order chi connectivity index (χ1) is 7.75. The zero-order valence-corrected chi connectivity index (χ0v) is 9.32. The quantitative estimate of drug-likeness (QED) is 0.760. The van der Waals surface area contributed by atoms with Crippen molar-refractivity contribution in [1.29, 1.82) is 0 Å². The Bertz CT molecular complexity index is 496. The number of hydrogen-bond acceptors (Lipinski definition) is 2. The Morgan fingerprint density at radius 2 is 1.94 bits per heavy atom. The molecule has 0 N–H and O–H groups in total. The first-order valence-electron chi connectivity index (χ1n) is 4.93. The van der Waals surface area contributed by atoms with Crippen LogP contribution in [0.3, 0.4) is 0 Å². The number of carbonyl (C=O) groups excluding carboxylic acids is 1. The predicted octanol–water partition coefficient (Wildman–Crippen LogP) is 3.16. The molecule has 2 rings (SSSR count). The topological polar surface area (TPSA) is 30.0 Å². The number of carbonyl (C=O) groups is 1. The van der Waals surface area contributed by atoms with Crippen molar-refractivity contribution in [2.24, 2.45) is 0 Å². The lowest BCUT2D eigenvalue weighted by Crippen LogP contribution is -2.03. The van der Waals surface area contributed by atoms with Crippen molar-refractivity contribution in [3.8, 4) is 0 Å². The number of aromatic nitrogens is 1. The smallest absolute Gasteiger partial charge is 0.167 e. The lowest BCUT2D eigenvalue weighted by atomic mass is 10.0. The van der Waals surface area contributed by atoms with Crippen molar-refractivity contribution < 1.29 is 4.79 Å². The Kier molecular flexibility index (Phi) is 3.32. The van der Waals surface area contributed by atoms with Gasteiger partial charge in [0.1, 0.15) is 0 Å². The molecule has 0 saturated carbocycles. The number of hydrogen-bond donors (Lipinski definition) is 0. The van der Waals surface area contributed by atoms with E-state index in [0.717, 1.165) is 5.56 Å². The molecule has 3 heteroatoms. The summed E-state index contributed by atoms with van der Waals surface area (Å²) >= 11 is 5.85. The van der Waals surface area contributed by atoms with Gasteiger partial charge in [0.15, 0.2) is 5.78 Å². The highest BCUT2D eigenvalue weighted by Crippen LogP contribution is 2.13. The largest absolute Gasteiger partial charge is 0.294 e. The molecule has 0 bridgehead atoms. The number of halogens is 1. The Labute approximate surface area is 98.9 Å². The average Bonchev–Trinajstić information content (AvgIpc) is 2.30. The van der Waals surface area contributed by atoms with Gasteiger partial charge in [-0.05, 0) is 29.8 Å². The SMILES string of the molecule is O=C(Cc1cccc(Cl)c1)c1ccncc1. The average molecular weight is 232 g/mol. The fraction of sp³-hybridized carbons (Fsp3) is 0.0769. The summed E-state index contributed by atoms with van der Waals surface area (Å²) in [5, 5.41) is 0.653. The molecule has 0 saturated heterocycles. The molecule has 0 spiro atoms. The fourth-order valence-electron chi connectivity index (χ4n) is 1.47. The number of rotatable bonds is 3. The molecule has 1 aromatic carbocycles. The highest BCUT2D eigenvalue weighted by atomic mass is 35.5. The summed E-state index contributed by atoms with van der Waals surface area (Å²) < 4.78 is 0. The van der Waals surface area contributed by atoms with Crippen LogP contribution in [0.4, 0.5) is 0 Å². The van der Waals surface area contributed by atoms with E-state index in [-0.39, 0.29) is 5.78 Å². The second-order valence-electron chi connectivity index (χ2n) is 3.47. The summed E-state index contributed by atoms with van der Waals surface area (Å²) in [5.41, 5.74) is 1.60. The number of Topliss-reactive ketones (excluding diaryl/α,β-unsaturated/α-hetero) is 1. The molecule has 0 unspecified atom stereocenters. The third-order valence-corrected chi connectivity index (χ3v) is 2.49. The molecule has 2 aromatic rings. The number of benzene rings is 1. The lowest BCUT2D eigenvalue weighted by molar-refractivity contribution is 0.0993. The molecule has 16 heavy (non-hydrogen) atoms. The molecule has 0 aliphatic heterocycles. The maximum Gasteiger partial charge on any atom is 0.167 e. The van der Waals surface area contributed by atoms with E-state index in [2.05, 4.69) is 4.98 Å². The van der Waals surface area contributed by atoms with Gasteiger partial charge in [-0.25, -0.2) is 0 Å². The number of pyridine rings is 1. The van der Waals surface area contributed by atoms with Crippen LogP contribution in [0.25, 0.3) is 0 Å². The van der Waals surface area contributed by atoms with E-state index in [9.17, 15) is 4.79 Å². The van der Waals surface area contributed by atoms with Crippen molar-refractivity contribution in [2.45, 2.75) is 6.42 Å². The molecule has 2 nitrogen and oxygen atoms in total. The predicted molar refractivity (Wildman–Crippen MR) is 63.7 cm³/mol. The standard InChI is InChI=1S/C13H10ClNO/c14-12-3-1-2-10(8-12)9-13(16)11-4-6-15-7-5-11/h1-8H,9H2. The van der Waals surface area contributed by atoms with Crippen LogP contribution in [0.15, 0.2) is 48.8 Å². The van der Waals surface area contributed by atoms with Gasteiger partial charge in [-0.2, -0.15) is 0 Å². The third kappa shape index (κ3) is 2.67. The minimum atomic E-state index is 0.0738. The first kappa shape index (κ1) is 10.8. The second-order valence-corrected chi connectivity index (χ2v) is 3.90. The van der Waals surface area contributed by atoms with Gasteiger partial charge in [-0.3, -0.25) is 9.78 Å². The van der Waals surface area contributed by atoms with Crippen molar-refractivity contribution >= 4 is 17.4 Å². The Morgan fingerprint density at radius 3 is 2.62 bits per heavy atom. The van der Waals surface area contributed by atoms with Gasteiger partial charge in [0.25, 0.3) is 0 Å². The van der Waals surface area contributed by atoms with Crippen molar-refractivity contribution in [3.05, 3.63) is 64.9 Å². The Balaban J connectivity index is 2.14. The minimum Gasteiger partial charge on any atom is -0.294 e. The van der Waals surface area contributed by atoms with E-state index in [1.165, 1.54) is 0 Å². The third-order valence-electron chi connectivity index (χ3n) is 2.26. The van der Waals surface area contributed by atoms with E-state index in [0.29, 0.717) is 17.0 Å². The Hall–Kier alpha value is -1.67. The highest BCUT2D eigenvalue weighted by molar-refractivity contribution is 6.30. The maximum absolute atomic E-state index is 11.9. The summed E-state index contributed by atoms with van der Waals surface area (Å²) in [6.07, 6.45) is 3.60. The first-order valence-corrected chi connectivity index (χ1v) is 5.31. The number of nitrogens with zero attached hydrogens (tertiary/aromatic N) is 1. The fourth-order valence-corrected chi connectivity index (χ4v) is 1.69. The van der Waals surface area contributed by atoms with Gasteiger partial charge < -0.3 is 0 Å². The number of ketones is 1. The minimum absolute atomic E-state index is 0.0738. The van der Waals surface area contributed by atoms with Crippen LogP contribution in [0.1, 0.15) is 15.9 Å². The van der Waals surface area contributed by atoms with E-state index in [1.54, 1.807) is 36.7 Å². The molecule has 0 aliphatic carbocycles. The molecule has 80 valence electrons. The zero-order chi connectivity index (χ0) is 11.4. The van der Waals surface area contributed by atoms with E-state index < -0.39 is 0 Å². The van der Waals surface area contributed by atoms with Crippen LogP contribution >= 0.6 is 11.6 Å². The van der Waals surface area contributed by atoms with Gasteiger partial charge in [-0.15, -0.1) is 0 Å². The summed E-state index contributed by atoms with van der Waals surface area (Å²) in [6.45, 7) is 0. The Morgan fingerprint density at radius 1 is 1.19 bits per heavy atom. The van der Waals surface area contributed by atoms with Crippen LogP contribution in [-0.2, 0) is 6.42 Å². The van der Waals surface area contributed by atoms with Crippen LogP contribution in [0.5, 0.6) is 0 Å². The van der Waals surface area contributed by atoms with Crippen molar-refractivity contribution in [2.75, 3.05) is 0 Å². The molecule has 0 fully saturated rings. The van der Waals surface area contributed by atoms with Crippen molar-refractivity contribution in [3.63, 3.8) is 0 Å². The summed E-state index contributed by atoms with van der Waals surface area (Å²) in [4.78, 5) is 15.7. The van der Waals surface area contributed by atoms with Gasteiger partial charge in [0, 0.05) is 29.4 Å².